The van der Waals surface area contributed by atoms with Crippen LogP contribution in [0.4, 0.5) is 5.82 Å². The maximum Gasteiger partial charge on any atom is 0.225 e. The van der Waals surface area contributed by atoms with Gasteiger partial charge in [0.2, 0.25) is 11.8 Å². The molecule has 2 N–H and O–H groups in total. The molecule has 2 fully saturated rings. The molecule has 0 bridgehead atoms. The van der Waals surface area contributed by atoms with E-state index in [0.29, 0.717) is 25.9 Å². The molecule has 0 radical (unpaired) electrons. The van der Waals surface area contributed by atoms with E-state index in [1.807, 2.05) is 18.3 Å². The highest BCUT2D eigenvalue weighted by Gasteiger charge is 2.24. The van der Waals surface area contributed by atoms with Crippen LogP contribution in [-0.4, -0.2) is 36.4 Å². The number of aromatic nitrogens is 1. The van der Waals surface area contributed by atoms with Crippen LogP contribution in [0, 0.1) is 5.92 Å². The molecule has 2 amide bonds. The van der Waals surface area contributed by atoms with Gasteiger partial charge in [0.1, 0.15) is 5.82 Å². The van der Waals surface area contributed by atoms with Crippen LogP contribution in [0.3, 0.4) is 0 Å². The lowest BCUT2D eigenvalue weighted by Gasteiger charge is -2.21. The van der Waals surface area contributed by atoms with Crippen molar-refractivity contribution in [3.63, 3.8) is 0 Å². The molecule has 2 aliphatic rings. The molecule has 2 saturated heterocycles. The lowest BCUT2D eigenvalue weighted by molar-refractivity contribution is -0.129. The summed E-state index contributed by atoms with van der Waals surface area (Å²) in [5, 5.41) is 5.66. The van der Waals surface area contributed by atoms with Crippen molar-refractivity contribution in [1.29, 1.82) is 0 Å². The van der Waals surface area contributed by atoms with Crippen LogP contribution in [0.25, 0.3) is 0 Å². The number of hydrogen-bond acceptors (Lipinski definition) is 4. The minimum Gasteiger partial charge on any atom is -0.357 e. The molecule has 0 saturated carbocycles. The van der Waals surface area contributed by atoms with Gasteiger partial charge >= 0.3 is 0 Å². The van der Waals surface area contributed by atoms with Crippen molar-refractivity contribution >= 4 is 17.6 Å². The van der Waals surface area contributed by atoms with E-state index in [1.54, 1.807) is 0 Å². The van der Waals surface area contributed by atoms with Crippen LogP contribution in [0.5, 0.6) is 0 Å². The largest absolute Gasteiger partial charge is 0.357 e. The molecule has 0 aliphatic carbocycles. The van der Waals surface area contributed by atoms with E-state index in [-0.39, 0.29) is 17.7 Å². The van der Waals surface area contributed by atoms with Gasteiger partial charge in [0.15, 0.2) is 0 Å². The quantitative estimate of drug-likeness (QED) is 0.864. The van der Waals surface area contributed by atoms with Gasteiger partial charge in [-0.05, 0) is 30.9 Å². The van der Waals surface area contributed by atoms with Gasteiger partial charge in [-0.3, -0.25) is 9.59 Å². The summed E-state index contributed by atoms with van der Waals surface area (Å²) in [5.74, 6) is 0.937. The third-order valence-corrected chi connectivity index (χ3v) is 4.34. The van der Waals surface area contributed by atoms with Gasteiger partial charge < -0.3 is 15.5 Å². The van der Waals surface area contributed by atoms with Crippen LogP contribution in [-0.2, 0) is 16.1 Å². The molecule has 1 atom stereocenters. The maximum atomic E-state index is 12.1. The zero-order chi connectivity index (χ0) is 15.4. The number of nitrogens with zero attached hydrogens (tertiary/aromatic N) is 2. The highest BCUT2D eigenvalue weighted by atomic mass is 16.2. The Kier molecular flexibility index (Phi) is 4.56. The maximum absolute atomic E-state index is 12.1. The molecule has 1 aromatic heterocycles. The first-order valence-electron chi connectivity index (χ1n) is 7.96. The summed E-state index contributed by atoms with van der Waals surface area (Å²) in [6.45, 7) is 3.08. The number of pyridine rings is 1. The summed E-state index contributed by atoms with van der Waals surface area (Å²) in [4.78, 5) is 29.9. The number of anilines is 1. The average Bonchev–Trinajstić information content (AvgIpc) is 3.08. The van der Waals surface area contributed by atoms with Crippen molar-refractivity contribution in [1.82, 2.24) is 15.6 Å². The molecule has 3 rings (SSSR count). The Morgan fingerprint density at radius 1 is 1.36 bits per heavy atom. The van der Waals surface area contributed by atoms with Crippen LogP contribution in [0.2, 0.25) is 0 Å². The molecule has 118 valence electrons. The third kappa shape index (κ3) is 3.55. The summed E-state index contributed by atoms with van der Waals surface area (Å²) < 4.78 is 0. The van der Waals surface area contributed by atoms with E-state index in [0.717, 1.165) is 24.5 Å². The lowest BCUT2D eigenvalue weighted by atomic mass is 9.98. The minimum absolute atomic E-state index is 0.00335. The zero-order valence-corrected chi connectivity index (χ0v) is 12.7. The Morgan fingerprint density at radius 2 is 2.18 bits per heavy atom. The van der Waals surface area contributed by atoms with Crippen LogP contribution >= 0.6 is 0 Å². The Hall–Kier alpha value is -2.11. The molecular formula is C16H22N4O2. The second kappa shape index (κ2) is 6.77. The topological polar surface area (TPSA) is 74.3 Å². The smallest absolute Gasteiger partial charge is 0.225 e. The molecule has 0 aromatic carbocycles. The molecule has 3 heterocycles. The van der Waals surface area contributed by atoms with E-state index in [1.165, 1.54) is 12.8 Å². The van der Waals surface area contributed by atoms with Gasteiger partial charge in [0, 0.05) is 38.8 Å². The van der Waals surface area contributed by atoms with E-state index < -0.39 is 0 Å². The fraction of sp³-hybridized carbons (Fsp3) is 0.562. The first kappa shape index (κ1) is 14.8. The van der Waals surface area contributed by atoms with Crippen molar-refractivity contribution in [2.75, 3.05) is 24.5 Å². The van der Waals surface area contributed by atoms with Gasteiger partial charge in [0.25, 0.3) is 0 Å². The molecule has 0 spiro atoms. The summed E-state index contributed by atoms with van der Waals surface area (Å²) >= 11 is 0. The standard InChI is InChI=1S/C16H22N4O2/c21-15-6-4-13(11-18-15)16(22)19-10-12-3-5-14(17-9-12)20-7-1-2-8-20/h3,5,9,13H,1-2,4,6-8,10-11H2,(H,18,21)(H,19,22). The SMILES string of the molecule is O=C1CCC(C(=O)NCc2ccc(N3CCCC3)nc2)CN1. The summed E-state index contributed by atoms with van der Waals surface area (Å²) in [7, 11) is 0. The molecule has 1 unspecified atom stereocenters. The molecule has 2 aliphatic heterocycles. The second-order valence-corrected chi connectivity index (χ2v) is 5.98. The fourth-order valence-electron chi connectivity index (χ4n) is 2.94. The van der Waals surface area contributed by atoms with Crippen LogP contribution in [0.15, 0.2) is 18.3 Å². The summed E-state index contributed by atoms with van der Waals surface area (Å²) in [5.41, 5.74) is 0.996. The molecule has 22 heavy (non-hydrogen) atoms. The van der Waals surface area contributed by atoms with Crippen molar-refractivity contribution in [2.45, 2.75) is 32.2 Å². The number of carbonyl (C=O) groups excluding carboxylic acids is 2. The zero-order valence-electron chi connectivity index (χ0n) is 12.7. The molecule has 6 nitrogen and oxygen atoms in total. The van der Waals surface area contributed by atoms with Crippen molar-refractivity contribution in [2.24, 2.45) is 5.92 Å². The number of piperidine rings is 1. The summed E-state index contributed by atoms with van der Waals surface area (Å²) in [6.07, 6.45) is 5.36. The molecule has 1 aromatic rings. The molecule has 6 heteroatoms. The van der Waals surface area contributed by atoms with Gasteiger partial charge in [-0.1, -0.05) is 6.07 Å². The first-order valence-corrected chi connectivity index (χ1v) is 7.96. The number of nitrogens with one attached hydrogen (secondary N) is 2. The average molecular weight is 302 g/mol. The fourth-order valence-corrected chi connectivity index (χ4v) is 2.94. The predicted molar refractivity (Wildman–Crippen MR) is 83.3 cm³/mol. The summed E-state index contributed by atoms with van der Waals surface area (Å²) in [6, 6.07) is 4.04. The van der Waals surface area contributed by atoms with Crippen molar-refractivity contribution in [3.8, 4) is 0 Å². The van der Waals surface area contributed by atoms with Gasteiger partial charge in [0.05, 0.1) is 5.92 Å². The molecular weight excluding hydrogens is 280 g/mol. The Labute approximate surface area is 130 Å². The second-order valence-electron chi connectivity index (χ2n) is 5.98. The Morgan fingerprint density at radius 3 is 2.82 bits per heavy atom. The Bertz CT molecular complexity index is 528. The van der Waals surface area contributed by atoms with E-state index >= 15 is 0 Å². The number of hydrogen-bond donors (Lipinski definition) is 2. The number of amides is 2. The predicted octanol–water partition coefficient (Wildman–Crippen LogP) is 0.824. The van der Waals surface area contributed by atoms with Gasteiger partial charge in [-0.25, -0.2) is 4.98 Å². The van der Waals surface area contributed by atoms with Crippen LogP contribution < -0.4 is 15.5 Å². The first-order chi connectivity index (χ1) is 10.7. The normalized spacial score (nSPS) is 21.5. The number of carbonyl (C=O) groups is 2. The highest BCUT2D eigenvalue weighted by molar-refractivity contribution is 5.83. The van der Waals surface area contributed by atoms with E-state index in [4.69, 9.17) is 0 Å². The van der Waals surface area contributed by atoms with Gasteiger partial charge in [-0.15, -0.1) is 0 Å². The van der Waals surface area contributed by atoms with Crippen molar-refractivity contribution in [3.05, 3.63) is 23.9 Å². The van der Waals surface area contributed by atoms with Crippen LogP contribution in [0.1, 0.15) is 31.2 Å². The highest BCUT2D eigenvalue weighted by Crippen LogP contribution is 2.17. The Balaban J connectivity index is 1.48. The lowest BCUT2D eigenvalue weighted by Crippen LogP contribution is -2.42. The number of rotatable bonds is 4. The monoisotopic (exact) mass is 302 g/mol. The third-order valence-electron chi connectivity index (χ3n) is 4.34. The van der Waals surface area contributed by atoms with E-state index in [9.17, 15) is 9.59 Å². The van der Waals surface area contributed by atoms with Crippen molar-refractivity contribution < 1.29 is 9.59 Å². The van der Waals surface area contributed by atoms with Gasteiger partial charge in [-0.2, -0.15) is 0 Å². The van der Waals surface area contributed by atoms with E-state index in [2.05, 4.69) is 20.5 Å². The minimum atomic E-state index is -0.116.